The number of aryl methyl sites for hydroxylation is 1. The summed E-state index contributed by atoms with van der Waals surface area (Å²) in [6.45, 7) is 5.71. The molecule has 1 fully saturated rings. The topological polar surface area (TPSA) is 127 Å². The number of halogens is 1. The summed E-state index contributed by atoms with van der Waals surface area (Å²) in [5.74, 6) is 0.300. The first kappa shape index (κ1) is 22.7. The third kappa shape index (κ3) is 4.01. The number of hydrogen-bond acceptors (Lipinski definition) is 7. The molecule has 0 spiro atoms. The van der Waals surface area contributed by atoms with Crippen LogP contribution in [0.3, 0.4) is 0 Å². The fourth-order valence-electron chi connectivity index (χ4n) is 5.05. The Balaban J connectivity index is 1.51. The highest BCUT2D eigenvalue weighted by Crippen LogP contribution is 2.43. The lowest BCUT2D eigenvalue weighted by molar-refractivity contribution is -0.00967. The lowest BCUT2D eigenvalue weighted by Crippen LogP contribution is -2.32. The number of fused-ring (bicyclic) bond motifs is 3. The van der Waals surface area contributed by atoms with Gasteiger partial charge in [-0.05, 0) is 63.6 Å². The third-order valence-corrected chi connectivity index (χ3v) is 6.65. The number of hydrogen-bond donors (Lipinski definition) is 3. The Morgan fingerprint density at radius 1 is 1.29 bits per heavy atom. The van der Waals surface area contributed by atoms with Gasteiger partial charge in [0, 0.05) is 23.1 Å². The van der Waals surface area contributed by atoms with Crippen molar-refractivity contribution in [2.45, 2.75) is 76.5 Å². The highest BCUT2D eigenvalue weighted by atomic mass is 19.1. The third-order valence-electron chi connectivity index (χ3n) is 6.65. The zero-order valence-corrected chi connectivity index (χ0v) is 19.7. The lowest BCUT2D eigenvalue weighted by atomic mass is 9.75. The van der Waals surface area contributed by atoms with E-state index in [1.807, 2.05) is 6.92 Å². The number of anilines is 1. The van der Waals surface area contributed by atoms with Crippen LogP contribution in [0.25, 0.3) is 16.6 Å². The van der Waals surface area contributed by atoms with E-state index in [0.717, 1.165) is 18.4 Å². The Morgan fingerprint density at radius 2 is 2.09 bits per heavy atom. The first-order valence-electron chi connectivity index (χ1n) is 11.7. The number of aromatic nitrogens is 6. The second-order valence-electron chi connectivity index (χ2n) is 10.1. The molecular weight excluding hydrogens is 437 g/mol. The first-order valence-corrected chi connectivity index (χ1v) is 11.7. The summed E-state index contributed by atoms with van der Waals surface area (Å²) in [6, 6.07) is 2.89. The molecule has 5 rings (SSSR count). The molecule has 3 aromatic heterocycles. The monoisotopic (exact) mass is 467 g/mol. The number of nitrogen functional groups attached to an aromatic ring is 1. The van der Waals surface area contributed by atoms with Crippen LogP contribution in [0.2, 0.25) is 0 Å². The predicted octanol–water partition coefficient (Wildman–Crippen LogP) is 3.07. The molecule has 10 heteroatoms. The van der Waals surface area contributed by atoms with E-state index >= 15 is 0 Å². The summed E-state index contributed by atoms with van der Waals surface area (Å²) in [6.07, 6.45) is 6.71. The van der Waals surface area contributed by atoms with Crippen molar-refractivity contribution in [3.63, 3.8) is 0 Å². The fourth-order valence-corrected chi connectivity index (χ4v) is 5.05. The van der Waals surface area contributed by atoms with Crippen molar-refractivity contribution in [2.75, 3.05) is 5.73 Å². The number of nitrogens with zero attached hydrogens (tertiary/aromatic N) is 6. The smallest absolute Gasteiger partial charge is 0.223 e. The highest BCUT2D eigenvalue weighted by molar-refractivity contribution is 5.94. The normalized spacial score (nSPS) is 21.5. The van der Waals surface area contributed by atoms with Crippen LogP contribution < -0.4 is 5.73 Å². The van der Waals surface area contributed by atoms with Crippen LogP contribution in [0, 0.1) is 5.82 Å². The Hall–Kier alpha value is -3.11. The van der Waals surface area contributed by atoms with Gasteiger partial charge in [0.15, 0.2) is 11.5 Å². The average molecular weight is 468 g/mol. The highest BCUT2D eigenvalue weighted by Gasteiger charge is 2.39. The predicted molar refractivity (Wildman–Crippen MR) is 126 cm³/mol. The molecule has 1 aliphatic carbocycles. The summed E-state index contributed by atoms with van der Waals surface area (Å²) < 4.78 is 17.4. The molecule has 0 aliphatic heterocycles. The number of rotatable bonds is 5. The van der Waals surface area contributed by atoms with Gasteiger partial charge in [-0.2, -0.15) is 9.61 Å². The van der Waals surface area contributed by atoms with Gasteiger partial charge in [-0.1, -0.05) is 6.92 Å². The zero-order chi connectivity index (χ0) is 24.3. The van der Waals surface area contributed by atoms with E-state index in [1.165, 1.54) is 16.6 Å². The summed E-state index contributed by atoms with van der Waals surface area (Å²) in [7, 11) is 0. The van der Waals surface area contributed by atoms with Crippen LogP contribution in [0.15, 0.2) is 24.5 Å². The number of nitrogens with two attached hydrogens (primary N) is 1. The molecule has 0 saturated heterocycles. The largest absolute Gasteiger partial charge is 0.389 e. The maximum atomic E-state index is 14.3. The molecule has 1 aromatic carbocycles. The van der Waals surface area contributed by atoms with E-state index in [4.69, 9.17) is 10.7 Å². The fraction of sp³-hybridized carbons (Fsp3) is 0.500. The average Bonchev–Trinajstić information content (AvgIpc) is 3.41. The molecule has 0 radical (unpaired) electrons. The molecule has 2 atom stereocenters. The van der Waals surface area contributed by atoms with Gasteiger partial charge in [0.25, 0.3) is 0 Å². The van der Waals surface area contributed by atoms with Crippen LogP contribution in [0.4, 0.5) is 10.3 Å². The molecule has 0 unspecified atom stereocenters. The molecule has 3 heterocycles. The summed E-state index contributed by atoms with van der Waals surface area (Å²) in [4.78, 5) is 9.23. The van der Waals surface area contributed by atoms with Gasteiger partial charge in [-0.25, -0.2) is 14.4 Å². The summed E-state index contributed by atoms with van der Waals surface area (Å²) in [5, 5.41) is 31.1. The maximum absolute atomic E-state index is 14.3. The van der Waals surface area contributed by atoms with Gasteiger partial charge < -0.3 is 15.9 Å². The van der Waals surface area contributed by atoms with Crippen LogP contribution in [0.5, 0.6) is 0 Å². The van der Waals surface area contributed by atoms with Gasteiger partial charge in [-0.3, -0.25) is 4.68 Å². The molecule has 0 amide bonds. The second kappa shape index (κ2) is 7.99. The molecule has 4 N–H and O–H groups in total. The van der Waals surface area contributed by atoms with Crippen LogP contribution in [0.1, 0.15) is 69.3 Å². The SMILES string of the molecule is CCc1cc(F)cc2c1nc(N)n1nc([C@@H]3CCC[C@](O)(c4cnn(CC(C)(C)O)c4)C3)nc21. The van der Waals surface area contributed by atoms with Gasteiger partial charge >= 0.3 is 0 Å². The van der Waals surface area contributed by atoms with Crippen molar-refractivity contribution in [3.05, 3.63) is 47.3 Å². The molecule has 4 aromatic rings. The van der Waals surface area contributed by atoms with Crippen LogP contribution >= 0.6 is 0 Å². The van der Waals surface area contributed by atoms with E-state index in [2.05, 4.69) is 15.2 Å². The van der Waals surface area contributed by atoms with Gasteiger partial charge in [0.2, 0.25) is 5.95 Å². The molecule has 1 aliphatic rings. The van der Waals surface area contributed by atoms with Gasteiger partial charge in [0.05, 0.1) is 29.5 Å². The molecular formula is C24H30FN7O2. The van der Waals surface area contributed by atoms with E-state index in [0.29, 0.717) is 53.7 Å². The molecule has 1 saturated carbocycles. The Kier molecular flexibility index (Phi) is 5.33. The van der Waals surface area contributed by atoms with E-state index < -0.39 is 11.2 Å². The maximum Gasteiger partial charge on any atom is 0.223 e. The standard InChI is InChI=1S/C24H30FN7O2/c1-4-14-8-17(25)9-18-19(14)28-22(26)32-21(18)29-20(30-32)15-6-5-7-24(34,10-15)16-11-27-31(12-16)13-23(2,3)33/h8-9,11-12,15,33-34H,4-7,10,13H2,1-3H3,(H2,26,28)/t15-,24-/m1/s1. The minimum Gasteiger partial charge on any atom is -0.389 e. The molecule has 180 valence electrons. The van der Waals surface area contributed by atoms with Crippen LogP contribution in [-0.2, 0) is 18.6 Å². The second-order valence-corrected chi connectivity index (χ2v) is 10.1. The van der Waals surface area contributed by atoms with Crippen molar-refractivity contribution in [2.24, 2.45) is 0 Å². The molecule has 34 heavy (non-hydrogen) atoms. The minimum atomic E-state index is -1.08. The van der Waals surface area contributed by atoms with E-state index in [9.17, 15) is 14.6 Å². The van der Waals surface area contributed by atoms with E-state index in [-0.39, 0.29) is 17.7 Å². The van der Waals surface area contributed by atoms with Crippen molar-refractivity contribution < 1.29 is 14.6 Å². The lowest BCUT2D eigenvalue weighted by Gasteiger charge is -2.35. The number of aliphatic hydroxyl groups is 2. The Labute approximate surface area is 196 Å². The first-order chi connectivity index (χ1) is 16.1. The Bertz CT molecular complexity index is 1370. The van der Waals surface area contributed by atoms with Crippen molar-refractivity contribution in [1.29, 1.82) is 0 Å². The molecule has 0 bridgehead atoms. The Morgan fingerprint density at radius 3 is 2.82 bits per heavy atom. The van der Waals surface area contributed by atoms with Crippen LogP contribution in [-0.4, -0.2) is 45.2 Å². The van der Waals surface area contributed by atoms with E-state index in [1.54, 1.807) is 30.9 Å². The summed E-state index contributed by atoms with van der Waals surface area (Å²) >= 11 is 0. The molecule has 9 nitrogen and oxygen atoms in total. The van der Waals surface area contributed by atoms with Gasteiger partial charge in [-0.15, -0.1) is 5.10 Å². The zero-order valence-electron chi connectivity index (χ0n) is 19.7. The van der Waals surface area contributed by atoms with Gasteiger partial charge in [0.1, 0.15) is 5.82 Å². The quantitative estimate of drug-likeness (QED) is 0.412. The van der Waals surface area contributed by atoms with Crippen molar-refractivity contribution >= 4 is 22.5 Å². The van der Waals surface area contributed by atoms with Crippen molar-refractivity contribution in [3.8, 4) is 0 Å². The summed E-state index contributed by atoms with van der Waals surface area (Å²) in [5.41, 5.74) is 6.80. The van der Waals surface area contributed by atoms with Crippen molar-refractivity contribution in [1.82, 2.24) is 29.4 Å². The minimum absolute atomic E-state index is 0.107. The number of benzene rings is 1.